The maximum atomic E-state index is 13.5. The number of hydrogen-bond acceptors (Lipinski definition) is 5. The van der Waals surface area contributed by atoms with Gasteiger partial charge >= 0.3 is 0 Å². The van der Waals surface area contributed by atoms with Gasteiger partial charge in [-0.2, -0.15) is 0 Å². The third-order valence-corrected chi connectivity index (χ3v) is 6.88. The molecular weight excluding hydrogens is 444 g/mol. The molecule has 0 aliphatic rings. The highest BCUT2D eigenvalue weighted by Crippen LogP contribution is 2.19. The van der Waals surface area contributed by atoms with Crippen molar-refractivity contribution < 1.29 is 4.79 Å². The molecule has 2 aromatic heterocycles. The Labute approximate surface area is 203 Å². The van der Waals surface area contributed by atoms with Crippen LogP contribution < -0.4 is 15.8 Å². The lowest BCUT2D eigenvalue weighted by Gasteiger charge is -2.24. The molecule has 4 rings (SSSR count). The highest BCUT2D eigenvalue weighted by molar-refractivity contribution is 7.09. The quantitative estimate of drug-likeness (QED) is 0.384. The minimum atomic E-state index is -0.159. The van der Waals surface area contributed by atoms with Crippen LogP contribution in [0.4, 0.5) is 5.95 Å². The first-order valence-corrected chi connectivity index (χ1v) is 12.5. The van der Waals surface area contributed by atoms with Crippen LogP contribution in [0.2, 0.25) is 0 Å². The average molecular weight is 475 g/mol. The molecule has 0 aliphatic carbocycles. The van der Waals surface area contributed by atoms with E-state index in [1.54, 1.807) is 34.1 Å². The summed E-state index contributed by atoms with van der Waals surface area (Å²) in [7, 11) is 0. The van der Waals surface area contributed by atoms with Crippen molar-refractivity contribution in [2.45, 2.75) is 33.7 Å². The highest BCUT2D eigenvalue weighted by atomic mass is 32.1. The van der Waals surface area contributed by atoms with Crippen LogP contribution in [-0.4, -0.2) is 35.1 Å². The fraction of sp³-hybridized carbons (Fsp3) is 0.296. The van der Waals surface area contributed by atoms with Crippen LogP contribution in [0.15, 0.2) is 64.8 Å². The summed E-state index contributed by atoms with van der Waals surface area (Å²) in [6.07, 6.45) is 0.797. The van der Waals surface area contributed by atoms with E-state index in [-0.39, 0.29) is 11.5 Å². The predicted octanol–water partition coefficient (Wildman–Crippen LogP) is 4.63. The summed E-state index contributed by atoms with van der Waals surface area (Å²) < 4.78 is 1.74. The Morgan fingerprint density at radius 3 is 2.53 bits per heavy atom. The molecule has 7 heteroatoms. The molecule has 0 spiro atoms. The Bertz CT molecular complexity index is 1320. The normalized spacial score (nSPS) is 11.0. The van der Waals surface area contributed by atoms with E-state index in [9.17, 15) is 9.59 Å². The first kappa shape index (κ1) is 23.7. The van der Waals surface area contributed by atoms with E-state index < -0.39 is 0 Å². The number of hydrogen-bond donors (Lipinski definition) is 1. The van der Waals surface area contributed by atoms with Crippen LogP contribution in [0.25, 0.3) is 10.9 Å². The zero-order valence-electron chi connectivity index (χ0n) is 19.9. The van der Waals surface area contributed by atoms with Gasteiger partial charge in [-0.15, -0.1) is 11.3 Å². The van der Waals surface area contributed by atoms with Crippen molar-refractivity contribution in [2.24, 2.45) is 0 Å². The second-order valence-corrected chi connectivity index (χ2v) is 9.31. The van der Waals surface area contributed by atoms with Gasteiger partial charge in [0.25, 0.3) is 11.5 Å². The summed E-state index contributed by atoms with van der Waals surface area (Å²) >= 11 is 1.68. The van der Waals surface area contributed by atoms with Crippen LogP contribution in [0.3, 0.4) is 0 Å². The van der Waals surface area contributed by atoms with E-state index in [4.69, 9.17) is 4.98 Å². The van der Waals surface area contributed by atoms with Crippen molar-refractivity contribution in [3.63, 3.8) is 0 Å². The van der Waals surface area contributed by atoms with Gasteiger partial charge in [0, 0.05) is 30.1 Å². The number of benzene rings is 2. The van der Waals surface area contributed by atoms with Crippen molar-refractivity contribution in [3.8, 4) is 0 Å². The Hall–Kier alpha value is -3.45. The second-order valence-electron chi connectivity index (χ2n) is 8.28. The number of aryl methyl sites for hydroxylation is 1. The Morgan fingerprint density at radius 1 is 1.09 bits per heavy atom. The third-order valence-electron chi connectivity index (χ3n) is 5.94. The molecule has 4 aromatic rings. The van der Waals surface area contributed by atoms with Crippen molar-refractivity contribution >= 4 is 34.1 Å². The molecule has 0 atom stereocenters. The molecule has 0 radical (unpaired) electrons. The molecule has 1 amide bonds. The van der Waals surface area contributed by atoms with E-state index >= 15 is 0 Å². The van der Waals surface area contributed by atoms with E-state index in [1.165, 1.54) is 10.4 Å². The Kier molecular flexibility index (Phi) is 7.43. The zero-order valence-corrected chi connectivity index (χ0v) is 20.7. The fourth-order valence-electron chi connectivity index (χ4n) is 3.97. The minimum absolute atomic E-state index is 0.0999. The third kappa shape index (κ3) is 5.20. The van der Waals surface area contributed by atoms with Crippen LogP contribution in [-0.2, 0) is 13.0 Å². The molecule has 34 heavy (non-hydrogen) atoms. The van der Waals surface area contributed by atoms with Crippen molar-refractivity contribution in [1.29, 1.82) is 0 Å². The molecule has 0 bridgehead atoms. The maximum Gasteiger partial charge on any atom is 0.263 e. The van der Waals surface area contributed by atoms with E-state index in [0.29, 0.717) is 35.5 Å². The first-order chi connectivity index (χ1) is 16.5. The largest absolute Gasteiger partial charge is 0.352 e. The Morgan fingerprint density at radius 2 is 1.85 bits per heavy atom. The number of carbonyl (C=O) groups is 1. The highest BCUT2D eigenvalue weighted by Gasteiger charge is 2.17. The summed E-state index contributed by atoms with van der Waals surface area (Å²) in [6, 6.07) is 17.4. The summed E-state index contributed by atoms with van der Waals surface area (Å²) in [6.45, 7) is 8.61. The predicted molar refractivity (Wildman–Crippen MR) is 140 cm³/mol. The molecule has 0 unspecified atom stereocenters. The van der Waals surface area contributed by atoms with Crippen molar-refractivity contribution in [2.75, 3.05) is 24.5 Å². The van der Waals surface area contributed by atoms with Gasteiger partial charge in [-0.3, -0.25) is 14.2 Å². The fourth-order valence-corrected chi connectivity index (χ4v) is 4.68. The number of thiophene rings is 1. The van der Waals surface area contributed by atoms with E-state index in [1.807, 2.05) is 44.4 Å². The second kappa shape index (κ2) is 10.7. The lowest BCUT2D eigenvalue weighted by Crippen LogP contribution is -2.33. The molecule has 1 N–H and O–H groups in total. The first-order valence-electron chi connectivity index (χ1n) is 11.7. The number of nitrogens with zero attached hydrogens (tertiary/aromatic N) is 3. The number of anilines is 1. The number of fused-ring (bicyclic) bond motifs is 1. The summed E-state index contributed by atoms with van der Waals surface area (Å²) in [4.78, 5) is 34.5. The number of amides is 1. The molecule has 6 nitrogen and oxygen atoms in total. The molecule has 0 aliphatic heterocycles. The SMILES string of the molecule is CCN(CC)c1nc2cc(C(=O)NCCc3cccs3)ccc2c(=O)n1Cc1ccc(C)cc1. The summed E-state index contributed by atoms with van der Waals surface area (Å²) in [5.41, 5.74) is 3.17. The summed E-state index contributed by atoms with van der Waals surface area (Å²) in [5.74, 6) is 0.465. The van der Waals surface area contributed by atoms with Crippen LogP contribution in [0.1, 0.15) is 40.2 Å². The van der Waals surface area contributed by atoms with Crippen molar-refractivity contribution in [3.05, 3.63) is 91.9 Å². The topological polar surface area (TPSA) is 67.2 Å². The lowest BCUT2D eigenvalue weighted by molar-refractivity contribution is 0.0954. The standard InChI is InChI=1S/C27H30N4O2S/c1-4-30(5-2)27-29-24-17-21(25(32)28-15-14-22-7-6-16-34-22)12-13-23(24)26(33)31(27)18-20-10-8-19(3)9-11-20/h6-13,16-17H,4-5,14-15,18H2,1-3H3,(H,28,32). The monoisotopic (exact) mass is 474 g/mol. The molecule has 0 saturated carbocycles. The van der Waals surface area contributed by atoms with Gasteiger partial charge in [0.15, 0.2) is 0 Å². The van der Waals surface area contributed by atoms with Gasteiger partial charge in [0.05, 0.1) is 17.4 Å². The Balaban J connectivity index is 1.67. The smallest absolute Gasteiger partial charge is 0.263 e. The lowest BCUT2D eigenvalue weighted by atomic mass is 10.1. The van der Waals surface area contributed by atoms with E-state index in [0.717, 1.165) is 25.1 Å². The average Bonchev–Trinajstić information content (AvgIpc) is 3.36. The van der Waals surface area contributed by atoms with Gasteiger partial charge in [0.1, 0.15) is 0 Å². The molecule has 176 valence electrons. The number of aromatic nitrogens is 2. The number of carbonyl (C=O) groups excluding carboxylic acids is 1. The number of rotatable bonds is 9. The molecular formula is C27H30N4O2S. The van der Waals surface area contributed by atoms with Crippen LogP contribution in [0, 0.1) is 6.92 Å². The minimum Gasteiger partial charge on any atom is -0.352 e. The van der Waals surface area contributed by atoms with Gasteiger partial charge in [-0.05, 0) is 62.4 Å². The molecule has 2 aromatic carbocycles. The van der Waals surface area contributed by atoms with Crippen LogP contribution in [0.5, 0.6) is 0 Å². The summed E-state index contributed by atoms with van der Waals surface area (Å²) in [5, 5.41) is 5.52. The van der Waals surface area contributed by atoms with Gasteiger partial charge in [-0.1, -0.05) is 35.9 Å². The molecule has 0 fully saturated rings. The van der Waals surface area contributed by atoms with Crippen LogP contribution >= 0.6 is 11.3 Å². The van der Waals surface area contributed by atoms with E-state index in [2.05, 4.69) is 28.4 Å². The zero-order chi connectivity index (χ0) is 24.1. The van der Waals surface area contributed by atoms with Gasteiger partial charge in [-0.25, -0.2) is 4.98 Å². The molecule has 0 saturated heterocycles. The number of nitrogens with one attached hydrogen (secondary N) is 1. The van der Waals surface area contributed by atoms with Gasteiger partial charge in [0.2, 0.25) is 5.95 Å². The van der Waals surface area contributed by atoms with Gasteiger partial charge < -0.3 is 10.2 Å². The molecule has 2 heterocycles. The van der Waals surface area contributed by atoms with Crippen molar-refractivity contribution in [1.82, 2.24) is 14.9 Å². The maximum absolute atomic E-state index is 13.5.